The van der Waals surface area contributed by atoms with Crippen molar-refractivity contribution in [3.8, 4) is 0 Å². The highest BCUT2D eigenvalue weighted by Gasteiger charge is 2.40. The average Bonchev–Trinajstić information content (AvgIpc) is 1.60. The van der Waals surface area contributed by atoms with Gasteiger partial charge in [-0.1, -0.05) is 0 Å². The van der Waals surface area contributed by atoms with Gasteiger partial charge in [-0.25, -0.2) is 8.78 Å². The Bertz CT molecular complexity index is 136. The summed E-state index contributed by atoms with van der Waals surface area (Å²) >= 11 is -3.14. The summed E-state index contributed by atoms with van der Waals surface area (Å²) in [5, 5.41) is 0. The number of alkyl halides is 4. The first-order valence-electron chi connectivity index (χ1n) is 2.08. The minimum absolute atomic E-state index is 1.83. The van der Waals surface area contributed by atoms with Crippen molar-refractivity contribution >= 4 is 11.1 Å². The van der Waals surface area contributed by atoms with E-state index in [2.05, 4.69) is 0 Å². The molecule has 0 N–H and O–H groups in total. The zero-order valence-corrected chi connectivity index (χ0v) is 5.34. The van der Waals surface area contributed by atoms with Crippen LogP contribution < -0.4 is 0 Å². The second kappa shape index (κ2) is 3.29. The van der Waals surface area contributed by atoms with Crippen molar-refractivity contribution in [3.63, 3.8) is 0 Å². The van der Waals surface area contributed by atoms with E-state index in [0.29, 0.717) is 0 Å². The zero-order chi connectivity index (χ0) is 8.36. The molecule has 0 rings (SSSR count). The lowest BCUT2D eigenvalue weighted by atomic mass is 10.4. The van der Waals surface area contributed by atoms with Crippen LogP contribution in [0.3, 0.4) is 0 Å². The fourth-order valence-corrected chi connectivity index (χ4v) is 0.660. The Labute approximate surface area is 56.5 Å². The van der Waals surface area contributed by atoms with E-state index in [1.165, 1.54) is 0 Å². The molecule has 0 spiro atoms. The van der Waals surface area contributed by atoms with E-state index in [-0.39, 0.29) is 0 Å². The maximum Gasteiger partial charge on any atom is 0.317 e. The van der Waals surface area contributed by atoms with Crippen LogP contribution in [0.25, 0.3) is 0 Å². The molecule has 0 aliphatic heterocycles. The lowest BCUT2D eigenvalue weighted by Crippen LogP contribution is -2.32. The molecule has 1 unspecified atom stereocenters. The first kappa shape index (κ1) is 9.83. The second-order valence-electron chi connectivity index (χ2n) is 1.51. The van der Waals surface area contributed by atoms with Gasteiger partial charge in [0.15, 0.2) is 0 Å². The highest BCUT2D eigenvalue weighted by Crippen LogP contribution is 2.22. The minimum Gasteiger partial charge on any atom is -0.772 e. The van der Waals surface area contributed by atoms with Gasteiger partial charge in [-0.15, -0.1) is 0 Å². The SMILES string of the molecule is O=S([O-])CC(F)(F)C(F)F. The van der Waals surface area contributed by atoms with Crippen LogP contribution in [-0.4, -0.2) is 26.9 Å². The van der Waals surface area contributed by atoms with Crippen LogP contribution >= 0.6 is 0 Å². The normalized spacial score (nSPS) is 15.8. The molecule has 0 fully saturated rings. The Morgan fingerprint density at radius 3 is 2.00 bits per heavy atom. The smallest absolute Gasteiger partial charge is 0.317 e. The standard InChI is InChI=1S/C3H4F4O2S/c4-2(5)3(6,7)1-10(8)9/h2H,1H2,(H,8,9)/p-1. The van der Waals surface area contributed by atoms with Gasteiger partial charge < -0.3 is 4.55 Å². The summed E-state index contributed by atoms with van der Waals surface area (Å²) in [6, 6.07) is 0. The second-order valence-corrected chi connectivity index (χ2v) is 2.41. The van der Waals surface area contributed by atoms with Crippen LogP contribution in [0.4, 0.5) is 17.6 Å². The Hall–Kier alpha value is -0.170. The van der Waals surface area contributed by atoms with Gasteiger partial charge in [-0.3, -0.25) is 4.21 Å². The van der Waals surface area contributed by atoms with E-state index in [9.17, 15) is 26.3 Å². The number of hydrogen-bond acceptors (Lipinski definition) is 2. The van der Waals surface area contributed by atoms with Crippen LogP contribution in [0.5, 0.6) is 0 Å². The van der Waals surface area contributed by atoms with Crippen LogP contribution in [0, 0.1) is 0 Å². The van der Waals surface area contributed by atoms with E-state index < -0.39 is 29.2 Å². The molecule has 0 radical (unpaired) electrons. The summed E-state index contributed by atoms with van der Waals surface area (Å²) in [7, 11) is 0. The van der Waals surface area contributed by atoms with Crippen molar-refractivity contribution in [2.24, 2.45) is 0 Å². The van der Waals surface area contributed by atoms with Gasteiger partial charge in [0.25, 0.3) is 0 Å². The molecule has 0 bridgehead atoms. The molecule has 10 heavy (non-hydrogen) atoms. The number of halogens is 4. The molecule has 0 amide bonds. The molecule has 0 heterocycles. The van der Waals surface area contributed by atoms with Gasteiger partial charge in [0.2, 0.25) is 0 Å². The van der Waals surface area contributed by atoms with E-state index in [0.717, 1.165) is 0 Å². The Balaban J connectivity index is 3.99. The Morgan fingerprint density at radius 2 is 1.90 bits per heavy atom. The van der Waals surface area contributed by atoms with E-state index in [1.807, 2.05) is 0 Å². The van der Waals surface area contributed by atoms with Crippen molar-refractivity contribution in [1.82, 2.24) is 0 Å². The van der Waals surface area contributed by atoms with Crippen LogP contribution in [0.2, 0.25) is 0 Å². The molecule has 0 aliphatic rings. The molecule has 7 heteroatoms. The molecular weight excluding hydrogens is 176 g/mol. The van der Waals surface area contributed by atoms with Gasteiger partial charge in [-0.05, 0) is 11.1 Å². The quantitative estimate of drug-likeness (QED) is 0.474. The van der Waals surface area contributed by atoms with Gasteiger partial charge in [-0.2, -0.15) is 8.78 Å². The zero-order valence-electron chi connectivity index (χ0n) is 4.52. The first-order chi connectivity index (χ1) is 4.36. The van der Waals surface area contributed by atoms with E-state index in [4.69, 9.17) is 0 Å². The van der Waals surface area contributed by atoms with Crippen LogP contribution in [0.1, 0.15) is 0 Å². The average molecular weight is 179 g/mol. The summed E-state index contributed by atoms with van der Waals surface area (Å²) in [5.74, 6) is -6.25. The molecule has 0 aromatic rings. The number of hydrogen-bond donors (Lipinski definition) is 0. The predicted molar refractivity (Wildman–Crippen MR) is 24.7 cm³/mol. The van der Waals surface area contributed by atoms with Gasteiger partial charge in [0.05, 0.1) is 5.75 Å². The summed E-state index contributed by atoms with van der Waals surface area (Å²) in [5.41, 5.74) is 0. The molecule has 0 aliphatic carbocycles. The molecule has 0 saturated heterocycles. The minimum atomic E-state index is -4.42. The highest BCUT2D eigenvalue weighted by molar-refractivity contribution is 7.79. The van der Waals surface area contributed by atoms with Crippen LogP contribution in [0.15, 0.2) is 0 Å². The van der Waals surface area contributed by atoms with Crippen molar-refractivity contribution in [2.75, 3.05) is 5.75 Å². The number of rotatable bonds is 3. The molecule has 0 saturated carbocycles. The van der Waals surface area contributed by atoms with Crippen molar-refractivity contribution in [3.05, 3.63) is 0 Å². The predicted octanol–water partition coefficient (Wildman–Crippen LogP) is 0.766. The molecule has 1 atom stereocenters. The topological polar surface area (TPSA) is 40.1 Å². The van der Waals surface area contributed by atoms with Crippen molar-refractivity contribution in [1.29, 1.82) is 0 Å². The maximum absolute atomic E-state index is 11.7. The van der Waals surface area contributed by atoms with Gasteiger partial charge in [0.1, 0.15) is 0 Å². The Kier molecular flexibility index (Phi) is 3.23. The first-order valence-corrected chi connectivity index (χ1v) is 3.32. The molecule has 2 nitrogen and oxygen atoms in total. The fourth-order valence-electron chi connectivity index (χ4n) is 0.220. The summed E-state index contributed by atoms with van der Waals surface area (Å²) in [6.07, 6.45) is -3.93. The largest absolute Gasteiger partial charge is 0.772 e. The van der Waals surface area contributed by atoms with Crippen molar-refractivity contribution < 1.29 is 26.3 Å². The van der Waals surface area contributed by atoms with Crippen molar-refractivity contribution in [2.45, 2.75) is 12.3 Å². The van der Waals surface area contributed by atoms with E-state index >= 15 is 0 Å². The molecule has 62 valence electrons. The lowest BCUT2D eigenvalue weighted by molar-refractivity contribution is -0.111. The third kappa shape index (κ3) is 3.11. The molecule has 0 aromatic carbocycles. The fraction of sp³-hybridized carbons (Fsp3) is 1.00. The van der Waals surface area contributed by atoms with Gasteiger partial charge >= 0.3 is 12.3 Å². The molecule has 0 aromatic heterocycles. The third-order valence-electron chi connectivity index (χ3n) is 0.630. The Morgan fingerprint density at radius 1 is 1.50 bits per heavy atom. The highest BCUT2D eigenvalue weighted by atomic mass is 32.2. The van der Waals surface area contributed by atoms with Crippen LogP contribution in [-0.2, 0) is 11.1 Å². The maximum atomic E-state index is 11.7. The lowest BCUT2D eigenvalue weighted by Gasteiger charge is -2.15. The summed E-state index contributed by atoms with van der Waals surface area (Å²) in [6.45, 7) is 0. The summed E-state index contributed by atoms with van der Waals surface area (Å²) < 4.78 is 64.6. The van der Waals surface area contributed by atoms with E-state index in [1.54, 1.807) is 0 Å². The monoisotopic (exact) mass is 179 g/mol. The summed E-state index contributed by atoms with van der Waals surface area (Å²) in [4.78, 5) is 0. The third-order valence-corrected chi connectivity index (χ3v) is 1.25. The van der Waals surface area contributed by atoms with Gasteiger partial charge in [0, 0.05) is 0 Å². The molecular formula is C3H3F4O2S-.